The van der Waals surface area contributed by atoms with E-state index in [0.717, 1.165) is 30.9 Å². The molecular formula is C20H21N5O2. The predicted molar refractivity (Wildman–Crippen MR) is 99.6 cm³/mol. The van der Waals surface area contributed by atoms with E-state index in [1.54, 1.807) is 18.3 Å². The molecule has 0 fully saturated rings. The molecule has 0 unspecified atom stereocenters. The molecule has 7 heteroatoms. The zero-order valence-electron chi connectivity index (χ0n) is 15.1. The highest BCUT2D eigenvalue weighted by Crippen LogP contribution is 2.19. The normalized spacial score (nSPS) is 15.8. The Bertz CT molecular complexity index is 939. The Hall–Kier alpha value is -3.22. The number of benzene rings is 1. The van der Waals surface area contributed by atoms with Gasteiger partial charge in [0.25, 0.3) is 5.91 Å². The molecule has 0 saturated carbocycles. The number of ether oxygens (including phenoxy) is 1. The number of nitrogens with zero attached hydrogens (tertiary/aromatic N) is 4. The SMILES string of the molecule is COc1ncccc1C(=O)N[C@@H]1CCc2nnc(Cc3ccccc3)n2C1. The van der Waals surface area contributed by atoms with Crippen molar-refractivity contribution in [3.05, 3.63) is 71.4 Å². The van der Waals surface area contributed by atoms with E-state index in [4.69, 9.17) is 4.74 Å². The zero-order valence-corrected chi connectivity index (χ0v) is 15.1. The fourth-order valence-electron chi connectivity index (χ4n) is 3.40. The van der Waals surface area contributed by atoms with Crippen LogP contribution >= 0.6 is 0 Å². The van der Waals surface area contributed by atoms with Crippen molar-refractivity contribution >= 4 is 5.91 Å². The van der Waals surface area contributed by atoms with Gasteiger partial charge in [-0.25, -0.2) is 4.98 Å². The Kier molecular flexibility index (Phi) is 4.82. The Labute approximate surface area is 157 Å². The van der Waals surface area contributed by atoms with Crippen LogP contribution in [0.4, 0.5) is 0 Å². The molecule has 0 radical (unpaired) electrons. The number of hydrogen-bond acceptors (Lipinski definition) is 5. The van der Waals surface area contributed by atoms with Crippen LogP contribution in [0.3, 0.4) is 0 Å². The summed E-state index contributed by atoms with van der Waals surface area (Å²) in [6.07, 6.45) is 3.95. The Morgan fingerprint density at radius 1 is 1.22 bits per heavy atom. The summed E-state index contributed by atoms with van der Waals surface area (Å²) in [5, 5.41) is 11.8. The quantitative estimate of drug-likeness (QED) is 0.750. The van der Waals surface area contributed by atoms with E-state index in [0.29, 0.717) is 18.0 Å². The second kappa shape index (κ2) is 7.57. The summed E-state index contributed by atoms with van der Waals surface area (Å²) in [7, 11) is 1.51. The van der Waals surface area contributed by atoms with Crippen LogP contribution in [0.15, 0.2) is 48.7 Å². The molecule has 3 heterocycles. The molecule has 1 aliphatic heterocycles. The lowest BCUT2D eigenvalue weighted by Crippen LogP contribution is -2.41. The number of rotatable bonds is 5. The van der Waals surface area contributed by atoms with E-state index < -0.39 is 0 Å². The second-order valence-electron chi connectivity index (χ2n) is 6.57. The summed E-state index contributed by atoms with van der Waals surface area (Å²) in [5.74, 6) is 2.06. The summed E-state index contributed by atoms with van der Waals surface area (Å²) in [5.41, 5.74) is 1.64. The van der Waals surface area contributed by atoms with E-state index in [1.165, 1.54) is 12.7 Å². The highest BCUT2D eigenvalue weighted by atomic mass is 16.5. The maximum atomic E-state index is 12.6. The van der Waals surface area contributed by atoms with Gasteiger partial charge >= 0.3 is 0 Å². The van der Waals surface area contributed by atoms with Gasteiger partial charge in [-0.2, -0.15) is 0 Å². The minimum atomic E-state index is -0.175. The fraction of sp³-hybridized carbons (Fsp3) is 0.300. The number of amides is 1. The monoisotopic (exact) mass is 363 g/mol. The molecule has 0 spiro atoms. The topological polar surface area (TPSA) is 81.9 Å². The number of aromatic nitrogens is 4. The number of hydrogen-bond donors (Lipinski definition) is 1. The van der Waals surface area contributed by atoms with E-state index >= 15 is 0 Å². The largest absolute Gasteiger partial charge is 0.480 e. The van der Waals surface area contributed by atoms with Gasteiger partial charge in [-0.3, -0.25) is 4.79 Å². The first-order valence-corrected chi connectivity index (χ1v) is 8.99. The van der Waals surface area contributed by atoms with Crippen molar-refractivity contribution in [2.75, 3.05) is 7.11 Å². The third kappa shape index (κ3) is 3.67. The van der Waals surface area contributed by atoms with Crippen molar-refractivity contribution in [3.63, 3.8) is 0 Å². The molecule has 7 nitrogen and oxygen atoms in total. The van der Waals surface area contributed by atoms with Crippen LogP contribution in [0, 0.1) is 0 Å². The van der Waals surface area contributed by atoms with Gasteiger partial charge in [-0.05, 0) is 24.1 Å². The predicted octanol–water partition coefficient (Wildman–Crippen LogP) is 2.02. The van der Waals surface area contributed by atoms with Crippen molar-refractivity contribution in [1.82, 2.24) is 25.1 Å². The van der Waals surface area contributed by atoms with E-state index in [-0.39, 0.29) is 11.9 Å². The number of fused-ring (bicyclic) bond motifs is 1. The van der Waals surface area contributed by atoms with Gasteiger partial charge in [0.15, 0.2) is 0 Å². The zero-order chi connectivity index (χ0) is 18.6. The van der Waals surface area contributed by atoms with Gasteiger partial charge in [0.1, 0.15) is 17.2 Å². The van der Waals surface area contributed by atoms with E-state index in [9.17, 15) is 4.79 Å². The smallest absolute Gasteiger partial charge is 0.257 e. The Morgan fingerprint density at radius 3 is 2.89 bits per heavy atom. The molecule has 4 rings (SSSR count). The molecule has 1 aromatic carbocycles. The summed E-state index contributed by atoms with van der Waals surface area (Å²) in [4.78, 5) is 16.7. The van der Waals surface area contributed by atoms with Gasteiger partial charge in [-0.1, -0.05) is 30.3 Å². The van der Waals surface area contributed by atoms with Crippen LogP contribution in [0.5, 0.6) is 5.88 Å². The maximum Gasteiger partial charge on any atom is 0.257 e. The molecule has 27 heavy (non-hydrogen) atoms. The molecule has 1 aliphatic rings. The van der Waals surface area contributed by atoms with Crippen molar-refractivity contribution < 1.29 is 9.53 Å². The lowest BCUT2D eigenvalue weighted by atomic mass is 10.1. The van der Waals surface area contributed by atoms with Crippen LogP contribution < -0.4 is 10.1 Å². The van der Waals surface area contributed by atoms with Gasteiger partial charge in [0.05, 0.1) is 7.11 Å². The van der Waals surface area contributed by atoms with Crippen molar-refractivity contribution in [1.29, 1.82) is 0 Å². The molecular weight excluding hydrogens is 342 g/mol. The average molecular weight is 363 g/mol. The minimum Gasteiger partial charge on any atom is -0.480 e. The summed E-state index contributed by atoms with van der Waals surface area (Å²) in [6.45, 7) is 0.665. The molecule has 0 aliphatic carbocycles. The van der Waals surface area contributed by atoms with E-state index in [1.807, 2.05) is 18.2 Å². The first kappa shape index (κ1) is 17.2. The molecule has 1 atom stereocenters. The average Bonchev–Trinajstić information content (AvgIpc) is 3.11. The van der Waals surface area contributed by atoms with Crippen LogP contribution in [-0.4, -0.2) is 38.8 Å². The fourth-order valence-corrected chi connectivity index (χ4v) is 3.40. The second-order valence-corrected chi connectivity index (χ2v) is 6.57. The number of nitrogens with one attached hydrogen (secondary N) is 1. The van der Waals surface area contributed by atoms with Crippen molar-refractivity contribution in [2.45, 2.75) is 31.8 Å². The molecule has 1 amide bonds. The Morgan fingerprint density at radius 2 is 2.07 bits per heavy atom. The highest BCUT2D eigenvalue weighted by Gasteiger charge is 2.25. The maximum absolute atomic E-state index is 12.6. The van der Waals surface area contributed by atoms with Crippen LogP contribution in [0.25, 0.3) is 0 Å². The first-order chi connectivity index (χ1) is 13.2. The molecule has 2 aromatic heterocycles. The molecule has 138 valence electrons. The molecule has 1 N–H and O–H groups in total. The highest BCUT2D eigenvalue weighted by molar-refractivity contribution is 5.96. The number of methoxy groups -OCH3 is 1. The van der Waals surface area contributed by atoms with E-state index in [2.05, 4.69) is 37.2 Å². The lowest BCUT2D eigenvalue weighted by Gasteiger charge is -2.25. The van der Waals surface area contributed by atoms with Crippen molar-refractivity contribution in [3.8, 4) is 5.88 Å². The minimum absolute atomic E-state index is 0.0143. The lowest BCUT2D eigenvalue weighted by molar-refractivity contribution is 0.0923. The number of carbonyl (C=O) groups excluding carboxylic acids is 1. The summed E-state index contributed by atoms with van der Waals surface area (Å²) >= 11 is 0. The Balaban J connectivity index is 1.48. The van der Waals surface area contributed by atoms with Gasteiger partial charge < -0.3 is 14.6 Å². The van der Waals surface area contributed by atoms with Crippen molar-refractivity contribution in [2.24, 2.45) is 0 Å². The first-order valence-electron chi connectivity index (χ1n) is 8.99. The number of aryl methyl sites for hydroxylation is 1. The summed E-state index contributed by atoms with van der Waals surface area (Å²) < 4.78 is 7.31. The van der Waals surface area contributed by atoms with Gasteiger partial charge in [-0.15, -0.1) is 10.2 Å². The number of carbonyl (C=O) groups is 1. The van der Waals surface area contributed by atoms with Gasteiger partial charge in [0, 0.05) is 31.6 Å². The standard InChI is InChI=1S/C20H21N5O2/c1-27-20-16(8-5-11-21-20)19(26)22-15-9-10-17-23-24-18(25(17)13-15)12-14-6-3-2-4-7-14/h2-8,11,15H,9-10,12-13H2,1H3,(H,22,26)/t15-/m1/s1. The van der Waals surface area contributed by atoms with Crippen LogP contribution in [0.1, 0.15) is 34.0 Å². The molecule has 0 saturated heterocycles. The third-order valence-corrected chi connectivity index (χ3v) is 4.77. The molecule has 0 bridgehead atoms. The molecule has 3 aromatic rings. The van der Waals surface area contributed by atoms with Crippen LogP contribution in [-0.2, 0) is 19.4 Å². The summed E-state index contributed by atoms with van der Waals surface area (Å²) in [6, 6.07) is 13.7. The third-order valence-electron chi connectivity index (χ3n) is 4.77. The van der Waals surface area contributed by atoms with Gasteiger partial charge in [0.2, 0.25) is 5.88 Å². The van der Waals surface area contributed by atoms with Crippen LogP contribution in [0.2, 0.25) is 0 Å². The number of pyridine rings is 1.